The van der Waals surface area contributed by atoms with Crippen LogP contribution in [0.15, 0.2) is 50.3 Å². The monoisotopic (exact) mass is 636 g/mol. The molecule has 0 fully saturated rings. The molecule has 8 heteroatoms. The number of ether oxygens (including phenoxy) is 1. The van der Waals surface area contributed by atoms with Gasteiger partial charge in [0.2, 0.25) is 0 Å². The van der Waals surface area contributed by atoms with E-state index in [-0.39, 0.29) is 11.3 Å². The van der Waals surface area contributed by atoms with Crippen LogP contribution in [0.1, 0.15) is 53.6 Å². The van der Waals surface area contributed by atoms with Crippen LogP contribution in [-0.4, -0.2) is 19.2 Å². The summed E-state index contributed by atoms with van der Waals surface area (Å²) in [5.41, 5.74) is 3.63. The van der Waals surface area contributed by atoms with Gasteiger partial charge < -0.3 is 10.1 Å². The molecule has 2 aromatic carbocycles. The van der Waals surface area contributed by atoms with E-state index in [4.69, 9.17) is 21.3 Å². The van der Waals surface area contributed by atoms with Crippen molar-refractivity contribution < 1.29 is 9.53 Å². The van der Waals surface area contributed by atoms with Gasteiger partial charge in [-0.2, -0.15) is 0 Å². The Kier molecular flexibility index (Phi) is 8.11. The van der Waals surface area contributed by atoms with Gasteiger partial charge in [0.15, 0.2) is 0 Å². The third-order valence-corrected chi connectivity index (χ3v) is 8.95. The predicted molar refractivity (Wildman–Crippen MR) is 154 cm³/mol. The summed E-state index contributed by atoms with van der Waals surface area (Å²) < 4.78 is 7.06. The summed E-state index contributed by atoms with van der Waals surface area (Å²) in [7, 11) is 1.63. The highest BCUT2D eigenvalue weighted by molar-refractivity contribution is 9.11. The van der Waals surface area contributed by atoms with Crippen molar-refractivity contribution >= 4 is 77.6 Å². The number of aliphatic imine (C=N–C) groups is 1. The fourth-order valence-electron chi connectivity index (χ4n) is 4.34. The summed E-state index contributed by atoms with van der Waals surface area (Å²) in [5.74, 6) is 1.17. The number of hydrogen-bond donors (Lipinski definition) is 1. The molecule has 4 rings (SSSR count). The van der Waals surface area contributed by atoms with Crippen LogP contribution >= 0.6 is 54.8 Å². The molecule has 1 aliphatic rings. The van der Waals surface area contributed by atoms with Gasteiger partial charge in [-0.15, -0.1) is 11.3 Å². The standard InChI is InChI=1S/C27H27Br2ClN2O2S/c1-27(2,3)16-5-10-19-22(13-16)35-26(23(19)25(33)32-18-8-6-17(30)7-9-18)31-14-15-11-20(28)24(34-4)21(29)12-15/h6-9,11-12,14,16H,5,10,13H2,1-4H3,(H,32,33)/t16-/m1/s1. The number of halogens is 3. The van der Waals surface area contributed by atoms with Gasteiger partial charge in [-0.05, 0) is 110 Å². The Morgan fingerprint density at radius 2 is 1.86 bits per heavy atom. The zero-order valence-corrected chi connectivity index (χ0v) is 24.8. The molecule has 0 saturated heterocycles. The van der Waals surface area contributed by atoms with Crippen LogP contribution in [0.3, 0.4) is 0 Å². The Labute approximate surface area is 232 Å². The van der Waals surface area contributed by atoms with Crippen molar-refractivity contribution in [3.05, 3.63) is 71.9 Å². The van der Waals surface area contributed by atoms with Crippen LogP contribution in [0.2, 0.25) is 5.02 Å². The summed E-state index contributed by atoms with van der Waals surface area (Å²) in [5, 5.41) is 4.40. The lowest BCUT2D eigenvalue weighted by Gasteiger charge is -2.33. The Balaban J connectivity index is 1.71. The molecular formula is C27H27Br2ClN2O2S. The van der Waals surface area contributed by atoms with Gasteiger partial charge in [0, 0.05) is 21.8 Å². The maximum Gasteiger partial charge on any atom is 0.259 e. The van der Waals surface area contributed by atoms with Gasteiger partial charge in [0.05, 0.1) is 21.6 Å². The molecule has 0 aliphatic heterocycles. The number of fused-ring (bicyclic) bond motifs is 1. The minimum Gasteiger partial charge on any atom is -0.494 e. The highest BCUT2D eigenvalue weighted by Crippen LogP contribution is 2.45. The highest BCUT2D eigenvalue weighted by atomic mass is 79.9. The topological polar surface area (TPSA) is 50.7 Å². The average molecular weight is 639 g/mol. The predicted octanol–water partition coefficient (Wildman–Crippen LogP) is 9.09. The number of carbonyl (C=O) groups is 1. The van der Waals surface area contributed by atoms with Gasteiger partial charge in [0.1, 0.15) is 10.8 Å². The van der Waals surface area contributed by atoms with Crippen LogP contribution in [0.5, 0.6) is 5.75 Å². The van der Waals surface area contributed by atoms with Crippen molar-refractivity contribution in [2.24, 2.45) is 16.3 Å². The van der Waals surface area contributed by atoms with Crippen molar-refractivity contribution in [1.29, 1.82) is 0 Å². The summed E-state index contributed by atoms with van der Waals surface area (Å²) in [4.78, 5) is 19.6. The Morgan fingerprint density at radius 3 is 2.46 bits per heavy atom. The molecule has 184 valence electrons. The maximum absolute atomic E-state index is 13.5. The van der Waals surface area contributed by atoms with Crippen molar-refractivity contribution in [3.63, 3.8) is 0 Å². The molecule has 1 aromatic heterocycles. The molecule has 35 heavy (non-hydrogen) atoms. The first-order valence-corrected chi connectivity index (χ1v) is 14.1. The van der Waals surface area contributed by atoms with Crippen molar-refractivity contribution in [1.82, 2.24) is 0 Å². The Bertz CT molecular complexity index is 1260. The highest BCUT2D eigenvalue weighted by Gasteiger charge is 2.33. The van der Waals surface area contributed by atoms with E-state index in [2.05, 4.69) is 57.9 Å². The van der Waals surface area contributed by atoms with Gasteiger partial charge in [-0.3, -0.25) is 4.79 Å². The Hall–Kier alpha value is -1.67. The van der Waals surface area contributed by atoms with E-state index >= 15 is 0 Å². The van der Waals surface area contributed by atoms with E-state index in [0.29, 0.717) is 22.2 Å². The number of benzene rings is 2. The second-order valence-electron chi connectivity index (χ2n) is 9.73. The van der Waals surface area contributed by atoms with Gasteiger partial charge in [0.25, 0.3) is 5.91 Å². The first kappa shape index (κ1) is 26.4. The molecule has 0 unspecified atom stereocenters. The lowest BCUT2D eigenvalue weighted by molar-refractivity contribution is 0.102. The van der Waals surface area contributed by atoms with E-state index in [0.717, 1.165) is 50.1 Å². The molecule has 3 aromatic rings. The van der Waals surface area contributed by atoms with Crippen molar-refractivity contribution in [2.45, 2.75) is 40.0 Å². The minimum absolute atomic E-state index is 0.136. The molecule has 4 nitrogen and oxygen atoms in total. The zero-order valence-electron chi connectivity index (χ0n) is 20.0. The quantitative estimate of drug-likeness (QED) is 0.284. The van der Waals surface area contributed by atoms with E-state index in [1.807, 2.05) is 24.3 Å². The molecule has 0 saturated carbocycles. The molecule has 1 heterocycles. The number of nitrogens with zero attached hydrogens (tertiary/aromatic N) is 1. The van der Waals surface area contributed by atoms with Crippen LogP contribution < -0.4 is 10.1 Å². The Morgan fingerprint density at radius 1 is 1.20 bits per heavy atom. The minimum atomic E-state index is -0.136. The first-order valence-electron chi connectivity index (χ1n) is 11.4. The second-order valence-corrected chi connectivity index (χ2v) is 13.0. The van der Waals surface area contributed by atoms with Crippen LogP contribution in [0.4, 0.5) is 10.7 Å². The van der Waals surface area contributed by atoms with E-state index in [1.54, 1.807) is 36.8 Å². The molecule has 1 amide bonds. The van der Waals surface area contributed by atoms with E-state index in [1.165, 1.54) is 4.88 Å². The fraction of sp³-hybridized carbons (Fsp3) is 0.333. The zero-order chi connectivity index (χ0) is 25.3. The average Bonchev–Trinajstić information content (AvgIpc) is 3.16. The third-order valence-electron chi connectivity index (χ3n) is 6.36. The maximum atomic E-state index is 13.5. The van der Waals surface area contributed by atoms with Crippen molar-refractivity contribution in [2.75, 3.05) is 12.4 Å². The summed E-state index contributed by atoms with van der Waals surface area (Å²) in [6, 6.07) is 11.1. The summed E-state index contributed by atoms with van der Waals surface area (Å²) >= 11 is 14.7. The smallest absolute Gasteiger partial charge is 0.259 e. The number of thiophene rings is 1. The molecule has 1 atom stereocenters. The van der Waals surface area contributed by atoms with E-state index < -0.39 is 0 Å². The number of hydrogen-bond acceptors (Lipinski definition) is 4. The molecule has 0 spiro atoms. The number of amides is 1. The van der Waals surface area contributed by atoms with Crippen LogP contribution in [0, 0.1) is 11.3 Å². The van der Waals surface area contributed by atoms with Crippen molar-refractivity contribution in [3.8, 4) is 5.75 Å². The van der Waals surface area contributed by atoms with Gasteiger partial charge in [-0.25, -0.2) is 4.99 Å². The number of methoxy groups -OCH3 is 1. The molecule has 1 aliphatic carbocycles. The lowest BCUT2D eigenvalue weighted by Crippen LogP contribution is -2.27. The third kappa shape index (κ3) is 6.01. The number of carbonyl (C=O) groups excluding carboxylic acids is 1. The summed E-state index contributed by atoms with van der Waals surface area (Å²) in [6.07, 6.45) is 4.72. The van der Waals surface area contributed by atoms with Crippen LogP contribution in [-0.2, 0) is 12.8 Å². The molecule has 0 bridgehead atoms. The molecular weight excluding hydrogens is 612 g/mol. The van der Waals surface area contributed by atoms with E-state index in [9.17, 15) is 4.79 Å². The summed E-state index contributed by atoms with van der Waals surface area (Å²) in [6.45, 7) is 6.88. The van der Waals surface area contributed by atoms with Gasteiger partial charge in [-0.1, -0.05) is 32.4 Å². The number of anilines is 1. The molecule has 0 radical (unpaired) electrons. The van der Waals surface area contributed by atoms with Crippen LogP contribution in [0.25, 0.3) is 0 Å². The number of rotatable bonds is 5. The lowest BCUT2D eigenvalue weighted by atomic mass is 9.72. The fourth-order valence-corrected chi connectivity index (χ4v) is 7.29. The normalized spacial score (nSPS) is 15.8. The largest absolute Gasteiger partial charge is 0.494 e. The molecule has 1 N–H and O–H groups in total. The second kappa shape index (κ2) is 10.8. The SMILES string of the molecule is COc1c(Br)cc(C=Nc2sc3c(c2C(=O)Nc2ccc(Cl)cc2)CC[C@@H](C(C)(C)C)C3)cc1Br. The van der Waals surface area contributed by atoms with Gasteiger partial charge >= 0.3 is 0 Å². The number of nitrogens with one attached hydrogen (secondary N) is 1. The first-order chi connectivity index (χ1) is 16.6.